The highest BCUT2D eigenvalue weighted by atomic mass is 35.5. The van der Waals surface area contributed by atoms with Crippen LogP contribution in [0.4, 0.5) is 0 Å². The van der Waals surface area contributed by atoms with Crippen LogP contribution in [-0.2, 0) is 11.2 Å². The molecule has 1 aliphatic carbocycles. The summed E-state index contributed by atoms with van der Waals surface area (Å²) in [4.78, 5) is 14.4. The van der Waals surface area contributed by atoms with Crippen LogP contribution < -0.4 is 0 Å². The van der Waals surface area contributed by atoms with Crippen molar-refractivity contribution < 1.29 is 9.32 Å². The molecular formula is C15H17ClN2O2. The van der Waals surface area contributed by atoms with E-state index in [1.807, 2.05) is 29.2 Å². The Morgan fingerprint density at radius 3 is 2.90 bits per heavy atom. The Kier molecular flexibility index (Phi) is 3.92. The minimum absolute atomic E-state index is 0.0920. The number of fused-ring (bicyclic) bond motifs is 1. The lowest BCUT2D eigenvalue weighted by molar-refractivity contribution is -0.134. The molecule has 1 heterocycles. The summed E-state index contributed by atoms with van der Waals surface area (Å²) < 4.78 is 5.24. The summed E-state index contributed by atoms with van der Waals surface area (Å²) in [5.41, 5.74) is 1.44. The molecule has 1 amide bonds. The number of para-hydroxylation sites is 1. The fraction of sp³-hybridized carbons (Fsp3) is 0.467. The zero-order valence-corrected chi connectivity index (χ0v) is 12.0. The predicted octanol–water partition coefficient (Wildman–Crippen LogP) is 2.99. The van der Waals surface area contributed by atoms with Gasteiger partial charge in [0.1, 0.15) is 5.69 Å². The van der Waals surface area contributed by atoms with Gasteiger partial charge in [0, 0.05) is 23.9 Å². The van der Waals surface area contributed by atoms with Gasteiger partial charge in [0.2, 0.25) is 5.91 Å². The monoisotopic (exact) mass is 292 g/mol. The van der Waals surface area contributed by atoms with Crippen LogP contribution in [0.3, 0.4) is 0 Å². The molecule has 1 aromatic carbocycles. The van der Waals surface area contributed by atoms with E-state index in [-0.39, 0.29) is 12.3 Å². The number of alkyl halides is 1. The summed E-state index contributed by atoms with van der Waals surface area (Å²) in [5.74, 6) is 0.566. The van der Waals surface area contributed by atoms with Gasteiger partial charge in [0.05, 0.1) is 6.42 Å². The van der Waals surface area contributed by atoms with Crippen molar-refractivity contribution in [3.8, 4) is 0 Å². The Hall–Kier alpha value is -1.55. The maximum absolute atomic E-state index is 12.5. The summed E-state index contributed by atoms with van der Waals surface area (Å²) >= 11 is 5.81. The normalized spacial score (nSPS) is 15.2. The highest BCUT2D eigenvalue weighted by Crippen LogP contribution is 2.26. The SMILES string of the molecule is O=C(Cc1noc2ccccc12)N(CCCl)C1CCC1. The third kappa shape index (κ3) is 2.52. The maximum atomic E-state index is 12.5. The van der Waals surface area contributed by atoms with Crippen LogP contribution in [-0.4, -0.2) is 34.4 Å². The first-order valence-corrected chi connectivity index (χ1v) is 7.52. The zero-order valence-electron chi connectivity index (χ0n) is 11.2. The number of halogens is 1. The first-order chi connectivity index (χ1) is 9.79. The molecule has 1 saturated carbocycles. The molecule has 0 spiro atoms. The van der Waals surface area contributed by atoms with Crippen LogP contribution in [0.5, 0.6) is 0 Å². The average molecular weight is 293 g/mol. The van der Waals surface area contributed by atoms with Crippen LogP contribution in [0.15, 0.2) is 28.8 Å². The second-order valence-corrected chi connectivity index (χ2v) is 5.54. The van der Waals surface area contributed by atoms with E-state index in [0.29, 0.717) is 24.2 Å². The van der Waals surface area contributed by atoms with E-state index in [1.54, 1.807) is 0 Å². The number of aromatic nitrogens is 1. The molecule has 0 atom stereocenters. The topological polar surface area (TPSA) is 46.3 Å². The van der Waals surface area contributed by atoms with Crippen molar-refractivity contribution in [1.82, 2.24) is 10.1 Å². The first kappa shape index (κ1) is 13.4. The smallest absolute Gasteiger partial charge is 0.229 e. The largest absolute Gasteiger partial charge is 0.356 e. The minimum atomic E-state index is 0.0920. The quantitative estimate of drug-likeness (QED) is 0.796. The lowest BCUT2D eigenvalue weighted by Crippen LogP contribution is -2.45. The number of nitrogens with zero attached hydrogens (tertiary/aromatic N) is 2. The summed E-state index contributed by atoms with van der Waals surface area (Å²) in [7, 11) is 0. The summed E-state index contributed by atoms with van der Waals surface area (Å²) in [6, 6.07) is 7.98. The van der Waals surface area contributed by atoms with Gasteiger partial charge in [-0.2, -0.15) is 0 Å². The fourth-order valence-electron chi connectivity index (χ4n) is 2.61. The minimum Gasteiger partial charge on any atom is -0.356 e. The Morgan fingerprint density at radius 1 is 1.40 bits per heavy atom. The number of hydrogen-bond donors (Lipinski definition) is 0. The van der Waals surface area contributed by atoms with Crippen molar-refractivity contribution in [2.75, 3.05) is 12.4 Å². The molecule has 0 radical (unpaired) electrons. The Morgan fingerprint density at radius 2 is 2.20 bits per heavy atom. The zero-order chi connectivity index (χ0) is 13.9. The van der Waals surface area contributed by atoms with Gasteiger partial charge in [0.25, 0.3) is 0 Å². The third-order valence-electron chi connectivity index (χ3n) is 3.93. The number of amides is 1. The van der Waals surface area contributed by atoms with Gasteiger partial charge in [-0.05, 0) is 31.4 Å². The van der Waals surface area contributed by atoms with Gasteiger partial charge in [-0.25, -0.2) is 0 Å². The second-order valence-electron chi connectivity index (χ2n) is 5.16. The third-order valence-corrected chi connectivity index (χ3v) is 4.10. The molecule has 0 unspecified atom stereocenters. The van der Waals surface area contributed by atoms with Gasteiger partial charge >= 0.3 is 0 Å². The predicted molar refractivity (Wildman–Crippen MR) is 77.8 cm³/mol. The molecule has 5 heteroatoms. The van der Waals surface area contributed by atoms with Crippen molar-refractivity contribution >= 4 is 28.5 Å². The van der Waals surface area contributed by atoms with Gasteiger partial charge in [0.15, 0.2) is 5.58 Å². The van der Waals surface area contributed by atoms with Gasteiger partial charge < -0.3 is 9.42 Å². The van der Waals surface area contributed by atoms with E-state index in [0.717, 1.165) is 23.8 Å². The number of rotatable bonds is 5. The average Bonchev–Trinajstić information content (AvgIpc) is 2.80. The molecule has 1 aliphatic rings. The van der Waals surface area contributed by atoms with Crippen LogP contribution in [0, 0.1) is 0 Å². The molecule has 4 nitrogen and oxygen atoms in total. The van der Waals surface area contributed by atoms with Crippen molar-refractivity contribution in [3.63, 3.8) is 0 Å². The first-order valence-electron chi connectivity index (χ1n) is 6.98. The van der Waals surface area contributed by atoms with Crippen molar-refractivity contribution in [2.24, 2.45) is 0 Å². The van der Waals surface area contributed by atoms with E-state index < -0.39 is 0 Å². The van der Waals surface area contributed by atoms with Gasteiger partial charge in [-0.1, -0.05) is 17.3 Å². The van der Waals surface area contributed by atoms with Gasteiger partial charge in [-0.15, -0.1) is 11.6 Å². The van der Waals surface area contributed by atoms with Crippen LogP contribution in [0.25, 0.3) is 11.0 Å². The molecule has 0 aliphatic heterocycles. The molecule has 3 rings (SSSR count). The summed E-state index contributed by atoms with van der Waals surface area (Å²) in [6.07, 6.45) is 3.65. The molecule has 0 bridgehead atoms. The van der Waals surface area contributed by atoms with E-state index in [4.69, 9.17) is 16.1 Å². The molecule has 0 N–H and O–H groups in total. The summed E-state index contributed by atoms with van der Waals surface area (Å²) in [5, 5.41) is 4.94. The Bertz CT molecular complexity index is 607. The molecule has 1 aromatic heterocycles. The Balaban J connectivity index is 1.76. The second kappa shape index (κ2) is 5.83. The summed E-state index contributed by atoms with van der Waals surface area (Å²) in [6.45, 7) is 0.612. The van der Waals surface area contributed by atoms with Crippen LogP contribution in [0.1, 0.15) is 25.0 Å². The van der Waals surface area contributed by atoms with Crippen LogP contribution in [0.2, 0.25) is 0 Å². The van der Waals surface area contributed by atoms with Crippen LogP contribution >= 0.6 is 11.6 Å². The van der Waals surface area contributed by atoms with E-state index >= 15 is 0 Å². The molecule has 106 valence electrons. The fourth-order valence-corrected chi connectivity index (χ4v) is 2.79. The van der Waals surface area contributed by atoms with E-state index in [9.17, 15) is 4.79 Å². The molecular weight excluding hydrogens is 276 g/mol. The number of hydrogen-bond acceptors (Lipinski definition) is 3. The standard InChI is InChI=1S/C15H17ClN2O2/c16-8-9-18(11-4-3-5-11)15(19)10-13-12-6-1-2-7-14(12)20-17-13/h1-2,6-7,11H,3-5,8-10H2. The molecule has 1 fully saturated rings. The maximum Gasteiger partial charge on any atom is 0.229 e. The lowest BCUT2D eigenvalue weighted by atomic mass is 9.91. The number of carbonyl (C=O) groups excluding carboxylic acids is 1. The lowest BCUT2D eigenvalue weighted by Gasteiger charge is -2.37. The van der Waals surface area contributed by atoms with E-state index in [2.05, 4.69) is 5.16 Å². The van der Waals surface area contributed by atoms with E-state index in [1.165, 1.54) is 6.42 Å². The molecule has 0 saturated heterocycles. The van der Waals surface area contributed by atoms with Crippen molar-refractivity contribution in [2.45, 2.75) is 31.7 Å². The highest BCUT2D eigenvalue weighted by Gasteiger charge is 2.28. The van der Waals surface area contributed by atoms with Crippen molar-refractivity contribution in [3.05, 3.63) is 30.0 Å². The van der Waals surface area contributed by atoms with Crippen molar-refractivity contribution in [1.29, 1.82) is 0 Å². The molecule has 2 aromatic rings. The van der Waals surface area contributed by atoms with Gasteiger partial charge in [-0.3, -0.25) is 4.79 Å². The Labute approximate surface area is 122 Å². The number of benzene rings is 1. The number of carbonyl (C=O) groups is 1. The molecule has 20 heavy (non-hydrogen) atoms. The highest BCUT2D eigenvalue weighted by molar-refractivity contribution is 6.18.